The summed E-state index contributed by atoms with van der Waals surface area (Å²) in [7, 11) is 0. The van der Waals surface area contributed by atoms with Crippen molar-refractivity contribution in [3.05, 3.63) is 71.9 Å². The van der Waals surface area contributed by atoms with Gasteiger partial charge in [0.15, 0.2) is 5.84 Å². The average Bonchev–Trinajstić information content (AvgIpc) is 2.83. The van der Waals surface area contributed by atoms with Crippen molar-refractivity contribution in [2.45, 2.75) is 6.42 Å². The summed E-state index contributed by atoms with van der Waals surface area (Å²) in [4.78, 5) is 22.5. The molecule has 0 radical (unpaired) electrons. The minimum atomic E-state index is -0.347. The van der Waals surface area contributed by atoms with E-state index in [2.05, 4.69) is 15.0 Å². The van der Waals surface area contributed by atoms with E-state index in [1.165, 1.54) is 12.2 Å². The van der Waals surface area contributed by atoms with Gasteiger partial charge in [-0.2, -0.15) is 4.99 Å². The molecule has 1 aliphatic carbocycles. The third-order valence-corrected chi connectivity index (χ3v) is 3.30. The second-order valence-corrected chi connectivity index (χ2v) is 5.04. The highest BCUT2D eigenvalue weighted by Crippen LogP contribution is 2.16. The fourth-order valence-corrected chi connectivity index (χ4v) is 2.02. The first-order valence-electron chi connectivity index (χ1n) is 7.54. The molecule has 4 N–H and O–H groups in total. The Bertz CT molecular complexity index is 804. The maximum Gasteiger partial charge on any atom is 0.234 e. The summed E-state index contributed by atoms with van der Waals surface area (Å²) in [5.74, 6) is -0.455. The van der Waals surface area contributed by atoms with Crippen molar-refractivity contribution in [2.75, 3.05) is 6.54 Å². The number of carbonyl (C=O) groups is 1. The van der Waals surface area contributed by atoms with Gasteiger partial charge in [0.1, 0.15) is 11.5 Å². The molecule has 1 aromatic rings. The van der Waals surface area contributed by atoms with Crippen LogP contribution in [0.4, 0.5) is 4.39 Å². The number of nitrogens with zero attached hydrogens (tertiary/aromatic N) is 3. The Kier molecular flexibility index (Phi) is 6.53. The molecule has 0 atom stereocenters. The zero-order valence-corrected chi connectivity index (χ0v) is 13.5. The molecular weight excluding hydrogens is 321 g/mol. The first-order chi connectivity index (χ1) is 12.1. The van der Waals surface area contributed by atoms with Crippen molar-refractivity contribution in [2.24, 2.45) is 21.5 Å². The van der Waals surface area contributed by atoms with Gasteiger partial charge in [0.2, 0.25) is 6.41 Å². The molecule has 1 aromatic heterocycles. The molecule has 7 heteroatoms. The predicted molar refractivity (Wildman–Crippen MR) is 97.4 cm³/mol. The number of aliphatic imine (C=N–C) groups is 2. The number of pyridine rings is 1. The largest absolute Gasteiger partial charge is 0.397 e. The summed E-state index contributed by atoms with van der Waals surface area (Å²) in [5, 5.41) is 0. The predicted octanol–water partition coefficient (Wildman–Crippen LogP) is 2.08. The first kappa shape index (κ1) is 18.0. The van der Waals surface area contributed by atoms with Gasteiger partial charge in [0.25, 0.3) is 0 Å². The number of hydrogen-bond donors (Lipinski definition) is 2. The molecule has 0 unspecified atom stereocenters. The number of amidine groups is 1. The van der Waals surface area contributed by atoms with Crippen LogP contribution in [0.2, 0.25) is 0 Å². The van der Waals surface area contributed by atoms with Crippen LogP contribution in [0.25, 0.3) is 5.70 Å². The maximum absolute atomic E-state index is 14.0. The number of allylic oxidation sites excluding steroid dienone is 4. The lowest BCUT2D eigenvalue weighted by Gasteiger charge is -2.05. The van der Waals surface area contributed by atoms with Gasteiger partial charge in [-0.3, -0.25) is 14.8 Å². The maximum atomic E-state index is 14.0. The number of halogens is 1. The molecule has 0 aromatic carbocycles. The van der Waals surface area contributed by atoms with E-state index < -0.39 is 0 Å². The lowest BCUT2D eigenvalue weighted by Crippen LogP contribution is -2.24. The molecular formula is C18H18FN5O. The van der Waals surface area contributed by atoms with Gasteiger partial charge in [-0.1, -0.05) is 24.3 Å². The van der Waals surface area contributed by atoms with Gasteiger partial charge >= 0.3 is 0 Å². The highest BCUT2D eigenvalue weighted by Gasteiger charge is 2.09. The molecule has 0 fully saturated rings. The first-order valence-corrected chi connectivity index (χ1v) is 7.54. The number of hydrogen-bond acceptors (Lipinski definition) is 4. The molecule has 1 heterocycles. The Hall–Kier alpha value is -3.35. The Morgan fingerprint density at radius 3 is 2.92 bits per heavy atom. The van der Waals surface area contributed by atoms with Crippen molar-refractivity contribution in [3.8, 4) is 0 Å². The molecule has 25 heavy (non-hydrogen) atoms. The minimum absolute atomic E-state index is 0.0308. The summed E-state index contributed by atoms with van der Waals surface area (Å²) in [6.45, 7) is 0.0308. The third-order valence-electron chi connectivity index (χ3n) is 3.30. The number of aromatic nitrogens is 1. The standard InChI is InChI=1S/C18H18FN5O/c19-14-7-3-1-2-6-13(14)11-23-17(18(21)24-12-25)10-15(20)16-8-4-5-9-22-16/h1-2,4-10,12H,3,11,20H2,(H2,21,24,25). The topological polar surface area (TPSA) is 107 Å². The molecule has 0 spiro atoms. The van der Waals surface area contributed by atoms with Gasteiger partial charge in [0.05, 0.1) is 17.9 Å². The van der Waals surface area contributed by atoms with Gasteiger partial charge < -0.3 is 11.5 Å². The minimum Gasteiger partial charge on any atom is -0.397 e. The van der Waals surface area contributed by atoms with Crippen LogP contribution in [0.15, 0.2) is 76.2 Å². The van der Waals surface area contributed by atoms with Crippen molar-refractivity contribution < 1.29 is 9.18 Å². The quantitative estimate of drug-likeness (QED) is 0.470. The van der Waals surface area contributed by atoms with Gasteiger partial charge in [0, 0.05) is 11.8 Å². The summed E-state index contributed by atoms with van der Waals surface area (Å²) >= 11 is 0. The Morgan fingerprint density at radius 1 is 1.36 bits per heavy atom. The van der Waals surface area contributed by atoms with Crippen molar-refractivity contribution >= 4 is 23.7 Å². The lowest BCUT2D eigenvalue weighted by atomic mass is 10.2. The normalized spacial score (nSPS) is 16.1. The van der Waals surface area contributed by atoms with Crippen LogP contribution in [-0.2, 0) is 4.79 Å². The van der Waals surface area contributed by atoms with Crippen LogP contribution in [0.5, 0.6) is 0 Å². The fourth-order valence-electron chi connectivity index (χ4n) is 2.02. The summed E-state index contributed by atoms with van der Waals surface area (Å²) in [5.41, 5.74) is 13.2. The molecule has 0 saturated heterocycles. The van der Waals surface area contributed by atoms with E-state index in [4.69, 9.17) is 11.5 Å². The van der Waals surface area contributed by atoms with E-state index in [0.717, 1.165) is 0 Å². The number of amides is 1. The van der Waals surface area contributed by atoms with Crippen molar-refractivity contribution in [1.29, 1.82) is 0 Å². The molecule has 1 amide bonds. The Morgan fingerprint density at radius 2 is 2.20 bits per heavy atom. The summed E-state index contributed by atoms with van der Waals surface area (Å²) in [6, 6.07) is 5.26. The van der Waals surface area contributed by atoms with Gasteiger partial charge in [-0.25, -0.2) is 4.39 Å². The lowest BCUT2D eigenvalue weighted by molar-refractivity contribution is -0.106. The van der Waals surface area contributed by atoms with Crippen molar-refractivity contribution in [3.63, 3.8) is 0 Å². The Balaban J connectivity index is 2.33. The van der Waals surface area contributed by atoms with Crippen LogP contribution in [0, 0.1) is 0 Å². The molecule has 0 aliphatic heterocycles. The van der Waals surface area contributed by atoms with Crippen LogP contribution in [-0.4, -0.2) is 29.5 Å². The molecule has 6 nitrogen and oxygen atoms in total. The average molecular weight is 339 g/mol. The van der Waals surface area contributed by atoms with Gasteiger partial charge in [-0.05, 0) is 30.7 Å². The SMILES string of the molecule is NC(=CC(=NCC1=CC=CCC=C1F)C(N)=NC=O)c1ccccn1. The van der Waals surface area contributed by atoms with E-state index in [9.17, 15) is 9.18 Å². The molecule has 128 valence electrons. The summed E-state index contributed by atoms with van der Waals surface area (Å²) in [6.07, 6.45) is 10.6. The second kappa shape index (κ2) is 9.07. The van der Waals surface area contributed by atoms with E-state index in [0.29, 0.717) is 29.8 Å². The van der Waals surface area contributed by atoms with Crippen LogP contribution in [0.3, 0.4) is 0 Å². The van der Waals surface area contributed by atoms with Gasteiger partial charge in [-0.15, -0.1) is 0 Å². The third kappa shape index (κ3) is 5.35. The highest BCUT2D eigenvalue weighted by atomic mass is 19.1. The van der Waals surface area contributed by atoms with E-state index in [-0.39, 0.29) is 23.9 Å². The summed E-state index contributed by atoms with van der Waals surface area (Å²) < 4.78 is 14.0. The molecule has 0 saturated carbocycles. The number of rotatable bonds is 6. The van der Waals surface area contributed by atoms with E-state index in [1.54, 1.807) is 36.5 Å². The monoisotopic (exact) mass is 339 g/mol. The van der Waals surface area contributed by atoms with E-state index >= 15 is 0 Å². The highest BCUT2D eigenvalue weighted by molar-refractivity contribution is 6.46. The zero-order chi connectivity index (χ0) is 18.1. The molecule has 1 aliphatic rings. The number of carbonyl (C=O) groups excluding carboxylic acids is 1. The van der Waals surface area contributed by atoms with Crippen LogP contribution >= 0.6 is 0 Å². The Labute approximate surface area is 144 Å². The van der Waals surface area contributed by atoms with Crippen LogP contribution < -0.4 is 11.5 Å². The molecule has 2 rings (SSSR count). The smallest absolute Gasteiger partial charge is 0.234 e. The number of nitrogens with two attached hydrogens (primary N) is 2. The molecule has 0 bridgehead atoms. The van der Waals surface area contributed by atoms with Crippen LogP contribution in [0.1, 0.15) is 12.1 Å². The fraction of sp³-hybridized carbons (Fsp3) is 0.111. The van der Waals surface area contributed by atoms with Crippen molar-refractivity contribution in [1.82, 2.24) is 4.98 Å². The zero-order valence-electron chi connectivity index (χ0n) is 13.5. The van der Waals surface area contributed by atoms with E-state index in [1.807, 2.05) is 6.08 Å². The second-order valence-electron chi connectivity index (χ2n) is 5.04.